The van der Waals surface area contributed by atoms with Crippen LogP contribution in [0.2, 0.25) is 0 Å². The first kappa shape index (κ1) is 15.8. The molecule has 114 valence electrons. The fourth-order valence-electron chi connectivity index (χ4n) is 2.57. The lowest BCUT2D eigenvalue weighted by Gasteiger charge is -2.34. The molecule has 21 heavy (non-hydrogen) atoms. The summed E-state index contributed by atoms with van der Waals surface area (Å²) in [6, 6.07) is 10.4. The molecule has 0 bridgehead atoms. The molecule has 0 unspecified atom stereocenters. The summed E-state index contributed by atoms with van der Waals surface area (Å²) in [5, 5.41) is 0. The first-order valence-electron chi connectivity index (χ1n) is 8.01. The van der Waals surface area contributed by atoms with Crippen molar-refractivity contribution in [2.45, 2.75) is 26.2 Å². The van der Waals surface area contributed by atoms with Gasteiger partial charge < -0.3 is 4.90 Å². The summed E-state index contributed by atoms with van der Waals surface area (Å²) in [5.74, 6) is 0.330. The normalized spacial score (nSPS) is 16.5. The van der Waals surface area contributed by atoms with Crippen LogP contribution in [0.5, 0.6) is 0 Å². The summed E-state index contributed by atoms with van der Waals surface area (Å²) in [4.78, 5) is 16.4. The first-order valence-corrected chi connectivity index (χ1v) is 8.01. The van der Waals surface area contributed by atoms with Crippen LogP contribution in [-0.2, 0) is 4.79 Å². The second kappa shape index (κ2) is 8.63. The van der Waals surface area contributed by atoms with Gasteiger partial charge in [0.1, 0.15) is 0 Å². The zero-order valence-corrected chi connectivity index (χ0v) is 13.0. The van der Waals surface area contributed by atoms with Crippen molar-refractivity contribution >= 4 is 12.0 Å². The second-order valence-electron chi connectivity index (χ2n) is 5.60. The summed E-state index contributed by atoms with van der Waals surface area (Å²) in [6.45, 7) is 6.81. The molecule has 1 aromatic rings. The van der Waals surface area contributed by atoms with Crippen molar-refractivity contribution in [3.63, 3.8) is 0 Å². The average Bonchev–Trinajstić information content (AvgIpc) is 2.54. The predicted octanol–water partition coefficient (Wildman–Crippen LogP) is 3.03. The fraction of sp³-hybridized carbons (Fsp3) is 0.500. The topological polar surface area (TPSA) is 23.6 Å². The molecule has 0 N–H and O–H groups in total. The van der Waals surface area contributed by atoms with Crippen molar-refractivity contribution in [2.24, 2.45) is 0 Å². The monoisotopic (exact) mass is 286 g/mol. The van der Waals surface area contributed by atoms with Gasteiger partial charge in [0.2, 0.25) is 5.91 Å². The molecular formula is C18H26N2O. The lowest BCUT2D eigenvalue weighted by Crippen LogP contribution is -2.48. The lowest BCUT2D eigenvalue weighted by molar-refractivity contribution is -0.132. The zero-order chi connectivity index (χ0) is 14.9. The maximum Gasteiger partial charge on any atom is 0.222 e. The van der Waals surface area contributed by atoms with E-state index in [9.17, 15) is 4.79 Å². The van der Waals surface area contributed by atoms with Crippen LogP contribution in [0.1, 0.15) is 31.7 Å². The second-order valence-corrected chi connectivity index (χ2v) is 5.60. The molecule has 3 nitrogen and oxygen atoms in total. The SMILES string of the molecule is CCCCC(=O)N1CCN(C/C=C/c2ccccc2)CC1. The van der Waals surface area contributed by atoms with Gasteiger partial charge in [-0.3, -0.25) is 9.69 Å². The number of carbonyl (C=O) groups excluding carboxylic acids is 1. The van der Waals surface area contributed by atoms with Gasteiger partial charge in [-0.05, 0) is 12.0 Å². The highest BCUT2D eigenvalue weighted by molar-refractivity contribution is 5.76. The largest absolute Gasteiger partial charge is 0.340 e. The Kier molecular flexibility index (Phi) is 6.48. The first-order chi connectivity index (χ1) is 10.3. The third kappa shape index (κ3) is 5.35. The Morgan fingerprint density at radius 1 is 1.14 bits per heavy atom. The number of hydrogen-bond donors (Lipinski definition) is 0. The molecule has 1 heterocycles. The van der Waals surface area contributed by atoms with Crippen molar-refractivity contribution in [1.82, 2.24) is 9.80 Å². The van der Waals surface area contributed by atoms with Gasteiger partial charge in [-0.15, -0.1) is 0 Å². The highest BCUT2D eigenvalue weighted by Gasteiger charge is 2.19. The molecule has 1 saturated heterocycles. The van der Waals surface area contributed by atoms with E-state index < -0.39 is 0 Å². The van der Waals surface area contributed by atoms with Gasteiger partial charge in [0.15, 0.2) is 0 Å². The van der Waals surface area contributed by atoms with E-state index in [4.69, 9.17) is 0 Å². The number of piperazine rings is 1. The number of rotatable bonds is 6. The van der Waals surface area contributed by atoms with Gasteiger partial charge in [0, 0.05) is 39.1 Å². The van der Waals surface area contributed by atoms with Crippen LogP contribution < -0.4 is 0 Å². The van der Waals surface area contributed by atoms with Crippen molar-refractivity contribution < 1.29 is 4.79 Å². The van der Waals surface area contributed by atoms with E-state index in [1.807, 2.05) is 11.0 Å². The summed E-state index contributed by atoms with van der Waals surface area (Å²) in [5.41, 5.74) is 1.24. The van der Waals surface area contributed by atoms with Crippen LogP contribution in [-0.4, -0.2) is 48.4 Å². The average molecular weight is 286 g/mol. The highest BCUT2D eigenvalue weighted by Crippen LogP contribution is 2.07. The smallest absolute Gasteiger partial charge is 0.222 e. The molecule has 1 aliphatic heterocycles. The highest BCUT2D eigenvalue weighted by atomic mass is 16.2. The van der Waals surface area contributed by atoms with Gasteiger partial charge >= 0.3 is 0 Å². The molecule has 0 atom stereocenters. The number of carbonyl (C=O) groups is 1. The Balaban J connectivity index is 1.69. The summed E-state index contributed by atoms with van der Waals surface area (Å²) < 4.78 is 0. The molecular weight excluding hydrogens is 260 g/mol. The van der Waals surface area contributed by atoms with Crippen LogP contribution in [0.15, 0.2) is 36.4 Å². The van der Waals surface area contributed by atoms with E-state index in [1.54, 1.807) is 0 Å². The van der Waals surface area contributed by atoms with Crippen LogP contribution in [0.3, 0.4) is 0 Å². The summed E-state index contributed by atoms with van der Waals surface area (Å²) >= 11 is 0. The summed E-state index contributed by atoms with van der Waals surface area (Å²) in [6.07, 6.45) is 7.20. The van der Waals surface area contributed by atoms with E-state index in [0.29, 0.717) is 12.3 Å². The molecule has 0 aliphatic carbocycles. The maximum atomic E-state index is 12.0. The molecule has 1 aliphatic rings. The van der Waals surface area contributed by atoms with E-state index in [0.717, 1.165) is 45.6 Å². The van der Waals surface area contributed by atoms with Crippen LogP contribution in [0.4, 0.5) is 0 Å². The molecule has 1 fully saturated rings. The third-order valence-electron chi connectivity index (χ3n) is 3.94. The zero-order valence-electron chi connectivity index (χ0n) is 13.0. The summed E-state index contributed by atoms with van der Waals surface area (Å²) in [7, 11) is 0. The van der Waals surface area contributed by atoms with E-state index in [2.05, 4.69) is 48.2 Å². The molecule has 3 heteroatoms. The van der Waals surface area contributed by atoms with Crippen molar-refractivity contribution in [1.29, 1.82) is 0 Å². The lowest BCUT2D eigenvalue weighted by atomic mass is 10.2. The minimum atomic E-state index is 0.330. The Labute approximate surface area is 128 Å². The van der Waals surface area contributed by atoms with E-state index in [1.165, 1.54) is 5.56 Å². The molecule has 0 aromatic heterocycles. The van der Waals surface area contributed by atoms with Gasteiger partial charge in [-0.1, -0.05) is 55.8 Å². The Morgan fingerprint density at radius 3 is 2.52 bits per heavy atom. The van der Waals surface area contributed by atoms with Crippen LogP contribution in [0, 0.1) is 0 Å². The van der Waals surface area contributed by atoms with E-state index in [-0.39, 0.29) is 0 Å². The molecule has 0 saturated carbocycles. The Bertz CT molecular complexity index is 448. The minimum Gasteiger partial charge on any atom is -0.340 e. The Morgan fingerprint density at radius 2 is 1.86 bits per heavy atom. The molecule has 1 aromatic carbocycles. The standard InChI is InChI=1S/C18H26N2O/c1-2-3-11-18(21)20-15-13-19(14-16-20)12-7-10-17-8-5-4-6-9-17/h4-10H,2-3,11-16H2,1H3/b10-7+. The quantitative estimate of drug-likeness (QED) is 0.802. The van der Waals surface area contributed by atoms with Gasteiger partial charge in [-0.25, -0.2) is 0 Å². The minimum absolute atomic E-state index is 0.330. The van der Waals surface area contributed by atoms with Crippen molar-refractivity contribution in [3.05, 3.63) is 42.0 Å². The van der Waals surface area contributed by atoms with Crippen LogP contribution in [0.25, 0.3) is 6.08 Å². The van der Waals surface area contributed by atoms with Crippen molar-refractivity contribution in [2.75, 3.05) is 32.7 Å². The van der Waals surface area contributed by atoms with Crippen LogP contribution >= 0.6 is 0 Å². The number of amides is 1. The molecule has 0 radical (unpaired) electrons. The molecule has 2 rings (SSSR count). The van der Waals surface area contributed by atoms with E-state index >= 15 is 0 Å². The predicted molar refractivity (Wildman–Crippen MR) is 88.0 cm³/mol. The Hall–Kier alpha value is -1.61. The van der Waals surface area contributed by atoms with Crippen molar-refractivity contribution in [3.8, 4) is 0 Å². The molecule has 1 amide bonds. The van der Waals surface area contributed by atoms with Gasteiger partial charge in [-0.2, -0.15) is 0 Å². The number of benzene rings is 1. The maximum absolute atomic E-state index is 12.0. The molecule has 0 spiro atoms. The number of nitrogens with zero attached hydrogens (tertiary/aromatic N) is 2. The number of hydrogen-bond acceptors (Lipinski definition) is 2. The third-order valence-corrected chi connectivity index (χ3v) is 3.94. The number of unbranched alkanes of at least 4 members (excludes halogenated alkanes) is 1. The fourth-order valence-corrected chi connectivity index (χ4v) is 2.57. The van der Waals surface area contributed by atoms with Gasteiger partial charge in [0.25, 0.3) is 0 Å². The van der Waals surface area contributed by atoms with Gasteiger partial charge in [0.05, 0.1) is 0 Å².